The van der Waals surface area contributed by atoms with Gasteiger partial charge in [0.2, 0.25) is 0 Å². The molecule has 0 radical (unpaired) electrons. The molecule has 1 aliphatic heterocycles. The van der Waals surface area contributed by atoms with E-state index in [9.17, 15) is 0 Å². The van der Waals surface area contributed by atoms with E-state index in [1.54, 1.807) is 0 Å². The average Bonchev–Trinajstić information content (AvgIpc) is 3.23. The number of pyridine rings is 1. The van der Waals surface area contributed by atoms with Crippen molar-refractivity contribution in [3.05, 3.63) is 23.9 Å². The highest BCUT2D eigenvalue weighted by Gasteiger charge is 2.31. The van der Waals surface area contributed by atoms with Crippen molar-refractivity contribution in [2.45, 2.75) is 31.8 Å². The molecule has 3 rings (SSSR count). The van der Waals surface area contributed by atoms with Gasteiger partial charge in [0, 0.05) is 44.5 Å². The molecule has 0 spiro atoms. The lowest BCUT2D eigenvalue weighted by Crippen LogP contribution is -2.47. The van der Waals surface area contributed by atoms with Crippen molar-refractivity contribution >= 4 is 5.82 Å². The van der Waals surface area contributed by atoms with Gasteiger partial charge in [-0.05, 0) is 31.4 Å². The number of nitrogens with zero attached hydrogens (tertiary/aromatic N) is 3. The minimum atomic E-state index is 0.0678. The molecule has 1 atom stereocenters. The first kappa shape index (κ1) is 11.9. The molecule has 1 aromatic heterocycles. The van der Waals surface area contributed by atoms with Crippen molar-refractivity contribution in [2.24, 2.45) is 5.73 Å². The number of nitrogens with two attached hydrogens (primary N) is 1. The van der Waals surface area contributed by atoms with Gasteiger partial charge < -0.3 is 10.6 Å². The Morgan fingerprint density at radius 1 is 1.22 bits per heavy atom. The van der Waals surface area contributed by atoms with Gasteiger partial charge in [-0.3, -0.25) is 4.90 Å². The van der Waals surface area contributed by atoms with Gasteiger partial charge >= 0.3 is 0 Å². The Hall–Kier alpha value is -1.13. The van der Waals surface area contributed by atoms with Crippen LogP contribution < -0.4 is 10.6 Å². The van der Waals surface area contributed by atoms with E-state index in [1.165, 1.54) is 25.9 Å². The number of anilines is 1. The summed E-state index contributed by atoms with van der Waals surface area (Å²) in [6, 6.07) is 5.16. The summed E-state index contributed by atoms with van der Waals surface area (Å²) in [5.74, 6) is 1.09. The molecule has 2 fully saturated rings. The molecule has 98 valence electrons. The van der Waals surface area contributed by atoms with E-state index in [0.717, 1.165) is 30.5 Å². The lowest BCUT2D eigenvalue weighted by Gasteiger charge is -2.35. The first-order chi connectivity index (χ1) is 8.74. The van der Waals surface area contributed by atoms with Gasteiger partial charge in [-0.1, -0.05) is 6.07 Å². The largest absolute Gasteiger partial charge is 0.354 e. The maximum Gasteiger partial charge on any atom is 0.128 e. The van der Waals surface area contributed by atoms with Gasteiger partial charge in [0.05, 0.1) is 0 Å². The predicted molar refractivity (Wildman–Crippen MR) is 73.6 cm³/mol. The maximum atomic E-state index is 5.84. The molecule has 0 aromatic carbocycles. The van der Waals surface area contributed by atoms with Gasteiger partial charge in [0.1, 0.15) is 5.82 Å². The molecular weight excluding hydrogens is 224 g/mol. The smallest absolute Gasteiger partial charge is 0.128 e. The number of rotatable bonds is 3. The molecule has 0 amide bonds. The van der Waals surface area contributed by atoms with Crippen LogP contribution in [-0.2, 0) is 0 Å². The van der Waals surface area contributed by atoms with Gasteiger partial charge in [-0.2, -0.15) is 0 Å². The van der Waals surface area contributed by atoms with Crippen LogP contribution in [0.25, 0.3) is 0 Å². The number of hydrogen-bond acceptors (Lipinski definition) is 4. The SMILES string of the molecule is C[C@@H](N)c1ccc(N2CCN(C3CC3)CC2)nc1. The Labute approximate surface area is 109 Å². The highest BCUT2D eigenvalue weighted by molar-refractivity contribution is 5.40. The molecule has 0 unspecified atom stereocenters. The van der Waals surface area contributed by atoms with E-state index >= 15 is 0 Å². The molecule has 18 heavy (non-hydrogen) atoms. The normalized spacial score (nSPS) is 23.1. The van der Waals surface area contributed by atoms with Crippen molar-refractivity contribution in [2.75, 3.05) is 31.1 Å². The van der Waals surface area contributed by atoms with Crippen LogP contribution in [-0.4, -0.2) is 42.1 Å². The molecule has 4 heteroatoms. The second kappa shape index (κ2) is 4.86. The lowest BCUT2D eigenvalue weighted by atomic mass is 10.1. The predicted octanol–water partition coefficient (Wildman–Crippen LogP) is 1.39. The summed E-state index contributed by atoms with van der Waals surface area (Å²) in [7, 11) is 0. The summed E-state index contributed by atoms with van der Waals surface area (Å²) in [6.07, 6.45) is 4.72. The van der Waals surface area contributed by atoms with Crippen LogP contribution in [0.5, 0.6) is 0 Å². The minimum absolute atomic E-state index is 0.0678. The quantitative estimate of drug-likeness (QED) is 0.875. The van der Waals surface area contributed by atoms with Gasteiger partial charge in [0.25, 0.3) is 0 Å². The molecule has 0 bridgehead atoms. The van der Waals surface area contributed by atoms with E-state index in [0.29, 0.717) is 0 Å². The van der Waals surface area contributed by atoms with E-state index in [2.05, 4.69) is 26.9 Å². The van der Waals surface area contributed by atoms with Gasteiger partial charge in [-0.25, -0.2) is 4.98 Å². The zero-order chi connectivity index (χ0) is 12.5. The fourth-order valence-corrected chi connectivity index (χ4v) is 2.61. The van der Waals surface area contributed by atoms with Gasteiger partial charge in [0.15, 0.2) is 0 Å². The number of piperazine rings is 1. The van der Waals surface area contributed by atoms with Crippen molar-refractivity contribution in [3.8, 4) is 0 Å². The summed E-state index contributed by atoms with van der Waals surface area (Å²) in [6.45, 7) is 6.55. The van der Waals surface area contributed by atoms with E-state index in [-0.39, 0.29) is 6.04 Å². The molecular formula is C14H22N4. The highest BCUT2D eigenvalue weighted by atomic mass is 15.3. The second-order valence-corrected chi connectivity index (χ2v) is 5.49. The third kappa shape index (κ3) is 2.49. The van der Waals surface area contributed by atoms with E-state index in [4.69, 9.17) is 5.73 Å². The van der Waals surface area contributed by atoms with E-state index in [1.807, 2.05) is 13.1 Å². The van der Waals surface area contributed by atoms with Crippen molar-refractivity contribution < 1.29 is 0 Å². The van der Waals surface area contributed by atoms with Crippen molar-refractivity contribution in [3.63, 3.8) is 0 Å². The van der Waals surface area contributed by atoms with Gasteiger partial charge in [-0.15, -0.1) is 0 Å². The monoisotopic (exact) mass is 246 g/mol. The molecule has 1 saturated heterocycles. The zero-order valence-corrected chi connectivity index (χ0v) is 11.0. The topological polar surface area (TPSA) is 45.4 Å². The summed E-state index contributed by atoms with van der Waals surface area (Å²) >= 11 is 0. The molecule has 1 aromatic rings. The number of hydrogen-bond donors (Lipinski definition) is 1. The Kier molecular flexibility index (Phi) is 3.22. The minimum Gasteiger partial charge on any atom is -0.354 e. The molecule has 2 heterocycles. The Bertz CT molecular complexity index is 389. The molecule has 2 aliphatic rings. The Morgan fingerprint density at radius 3 is 2.44 bits per heavy atom. The molecule has 4 nitrogen and oxygen atoms in total. The standard InChI is InChI=1S/C14H22N4/c1-11(15)12-2-5-14(16-10-12)18-8-6-17(7-9-18)13-3-4-13/h2,5,10-11,13H,3-4,6-9,15H2,1H3/t11-/m1/s1. The Balaban J connectivity index is 1.61. The summed E-state index contributed by atoms with van der Waals surface area (Å²) in [5.41, 5.74) is 6.95. The highest BCUT2D eigenvalue weighted by Crippen LogP contribution is 2.28. The van der Waals surface area contributed by atoms with Crippen LogP contribution in [0.3, 0.4) is 0 Å². The van der Waals surface area contributed by atoms with Crippen LogP contribution in [0, 0.1) is 0 Å². The van der Waals surface area contributed by atoms with Crippen molar-refractivity contribution in [1.82, 2.24) is 9.88 Å². The third-order valence-electron chi connectivity index (χ3n) is 4.00. The third-order valence-corrected chi connectivity index (χ3v) is 4.00. The number of aromatic nitrogens is 1. The first-order valence-corrected chi connectivity index (χ1v) is 6.94. The maximum absolute atomic E-state index is 5.84. The Morgan fingerprint density at radius 2 is 1.94 bits per heavy atom. The van der Waals surface area contributed by atoms with Crippen molar-refractivity contribution in [1.29, 1.82) is 0 Å². The summed E-state index contributed by atoms with van der Waals surface area (Å²) in [5, 5.41) is 0. The van der Waals surface area contributed by atoms with Crippen LogP contribution >= 0.6 is 0 Å². The lowest BCUT2D eigenvalue weighted by molar-refractivity contribution is 0.247. The van der Waals surface area contributed by atoms with Crippen LogP contribution in [0.2, 0.25) is 0 Å². The summed E-state index contributed by atoms with van der Waals surface area (Å²) < 4.78 is 0. The molecule has 1 saturated carbocycles. The zero-order valence-electron chi connectivity index (χ0n) is 11.0. The molecule has 1 aliphatic carbocycles. The fraction of sp³-hybridized carbons (Fsp3) is 0.643. The van der Waals surface area contributed by atoms with E-state index < -0.39 is 0 Å². The van der Waals surface area contributed by atoms with Crippen LogP contribution in [0.15, 0.2) is 18.3 Å². The van der Waals surface area contributed by atoms with Crippen LogP contribution in [0.4, 0.5) is 5.82 Å². The molecule has 2 N–H and O–H groups in total. The fourth-order valence-electron chi connectivity index (χ4n) is 2.61. The first-order valence-electron chi connectivity index (χ1n) is 6.94. The summed E-state index contributed by atoms with van der Waals surface area (Å²) in [4.78, 5) is 9.53. The average molecular weight is 246 g/mol. The second-order valence-electron chi connectivity index (χ2n) is 5.49. The van der Waals surface area contributed by atoms with Crippen LogP contribution in [0.1, 0.15) is 31.4 Å².